The summed E-state index contributed by atoms with van der Waals surface area (Å²) in [5.41, 5.74) is 7.59. The monoisotopic (exact) mass is 524 g/mol. The number of H-pyrrole nitrogens is 1. The zero-order chi connectivity index (χ0) is 26.8. The Balaban J connectivity index is 1.02. The number of aromatic amines is 1. The summed E-state index contributed by atoms with van der Waals surface area (Å²) < 4.78 is 7.08. The molecule has 0 atom stereocenters. The molecule has 0 aromatic carbocycles. The van der Waals surface area contributed by atoms with Crippen molar-refractivity contribution in [1.82, 2.24) is 40.5 Å². The highest BCUT2D eigenvalue weighted by molar-refractivity contribution is 5.96. The first-order chi connectivity index (χ1) is 19.0. The van der Waals surface area contributed by atoms with Crippen LogP contribution in [0.5, 0.6) is 0 Å². The summed E-state index contributed by atoms with van der Waals surface area (Å²) in [7, 11) is 0. The SMILES string of the molecule is CC(C)c1ccc(CNC(=O)c2cn(CCCCc3cc4c(-c5ccoc5)c(C5CC5)[nH]c4nn3)nn2)cn1. The molecule has 0 spiro atoms. The molecule has 5 aromatic rings. The number of hydrogen-bond acceptors (Lipinski definition) is 7. The fourth-order valence-electron chi connectivity index (χ4n) is 4.81. The first kappa shape index (κ1) is 25.0. The zero-order valence-electron chi connectivity index (χ0n) is 22.2. The number of aryl methyl sites for hydroxylation is 2. The molecule has 5 aromatic heterocycles. The van der Waals surface area contributed by atoms with Gasteiger partial charge in [0, 0.05) is 47.2 Å². The molecule has 1 saturated carbocycles. The van der Waals surface area contributed by atoms with Gasteiger partial charge < -0.3 is 14.7 Å². The highest BCUT2D eigenvalue weighted by Gasteiger charge is 2.30. The van der Waals surface area contributed by atoms with E-state index in [-0.39, 0.29) is 5.91 Å². The van der Waals surface area contributed by atoms with Crippen LogP contribution in [0.15, 0.2) is 53.6 Å². The van der Waals surface area contributed by atoms with Crippen molar-refractivity contribution in [3.8, 4) is 11.1 Å². The Labute approximate surface area is 226 Å². The second-order valence-corrected chi connectivity index (χ2v) is 10.6. The molecule has 5 heterocycles. The van der Waals surface area contributed by atoms with E-state index in [9.17, 15) is 4.79 Å². The maximum atomic E-state index is 12.5. The Morgan fingerprint density at radius 2 is 2.08 bits per heavy atom. The van der Waals surface area contributed by atoms with E-state index in [2.05, 4.69) is 55.7 Å². The van der Waals surface area contributed by atoms with Crippen molar-refractivity contribution in [2.24, 2.45) is 0 Å². The fraction of sp³-hybridized carbons (Fsp3) is 0.379. The lowest BCUT2D eigenvalue weighted by Gasteiger charge is -2.06. The minimum absolute atomic E-state index is 0.247. The van der Waals surface area contributed by atoms with Crippen LogP contribution in [0.3, 0.4) is 0 Å². The maximum Gasteiger partial charge on any atom is 0.273 e. The first-order valence-electron chi connectivity index (χ1n) is 13.6. The van der Waals surface area contributed by atoms with Gasteiger partial charge in [-0.25, -0.2) is 0 Å². The van der Waals surface area contributed by atoms with Crippen LogP contribution < -0.4 is 5.32 Å². The highest BCUT2D eigenvalue weighted by Crippen LogP contribution is 2.46. The van der Waals surface area contributed by atoms with Gasteiger partial charge in [-0.3, -0.25) is 14.5 Å². The molecular formula is C29H32N8O2. The summed E-state index contributed by atoms with van der Waals surface area (Å²) in [6.07, 6.45) is 12.0. The van der Waals surface area contributed by atoms with E-state index in [1.54, 1.807) is 29.6 Å². The Morgan fingerprint density at radius 1 is 1.18 bits per heavy atom. The molecule has 0 radical (unpaired) electrons. The third kappa shape index (κ3) is 5.59. The van der Waals surface area contributed by atoms with E-state index in [0.29, 0.717) is 30.6 Å². The second kappa shape index (κ2) is 10.8. The summed E-state index contributed by atoms with van der Waals surface area (Å²) in [6.45, 7) is 5.28. The minimum Gasteiger partial charge on any atom is -0.472 e. The molecule has 10 nitrogen and oxygen atoms in total. The van der Waals surface area contributed by atoms with Gasteiger partial charge in [0.05, 0.1) is 24.4 Å². The van der Waals surface area contributed by atoms with E-state index in [1.165, 1.54) is 24.1 Å². The number of hydrogen-bond donors (Lipinski definition) is 2. The van der Waals surface area contributed by atoms with Crippen LogP contribution in [-0.4, -0.2) is 41.1 Å². The smallest absolute Gasteiger partial charge is 0.273 e. The maximum absolute atomic E-state index is 12.5. The van der Waals surface area contributed by atoms with E-state index in [1.807, 2.05) is 18.2 Å². The largest absolute Gasteiger partial charge is 0.472 e. The van der Waals surface area contributed by atoms with Crippen LogP contribution in [0.2, 0.25) is 0 Å². The molecule has 1 aliphatic carbocycles. The quantitative estimate of drug-likeness (QED) is 0.229. The predicted octanol–water partition coefficient (Wildman–Crippen LogP) is 5.16. The van der Waals surface area contributed by atoms with Gasteiger partial charge in [-0.1, -0.05) is 25.1 Å². The van der Waals surface area contributed by atoms with Crippen molar-refractivity contribution < 1.29 is 9.21 Å². The molecule has 0 aliphatic heterocycles. The second-order valence-electron chi connectivity index (χ2n) is 10.6. The fourth-order valence-corrected chi connectivity index (χ4v) is 4.81. The van der Waals surface area contributed by atoms with Crippen LogP contribution in [0.1, 0.15) is 84.5 Å². The third-order valence-corrected chi connectivity index (χ3v) is 7.17. The number of fused-ring (bicyclic) bond motifs is 1. The molecule has 200 valence electrons. The van der Waals surface area contributed by atoms with Gasteiger partial charge in [-0.2, -0.15) is 5.10 Å². The van der Waals surface area contributed by atoms with Crippen LogP contribution in [0.25, 0.3) is 22.2 Å². The lowest BCUT2D eigenvalue weighted by Crippen LogP contribution is -2.23. The first-order valence-corrected chi connectivity index (χ1v) is 13.6. The number of amides is 1. The summed E-state index contributed by atoms with van der Waals surface area (Å²) in [5, 5.41) is 21.1. The van der Waals surface area contributed by atoms with E-state index < -0.39 is 0 Å². The van der Waals surface area contributed by atoms with E-state index in [0.717, 1.165) is 52.8 Å². The third-order valence-electron chi connectivity index (χ3n) is 7.17. The van der Waals surface area contributed by atoms with Gasteiger partial charge in [0.15, 0.2) is 11.3 Å². The molecular weight excluding hydrogens is 492 g/mol. The number of carbonyl (C=O) groups is 1. The van der Waals surface area contributed by atoms with Crippen molar-refractivity contribution >= 4 is 16.9 Å². The molecule has 39 heavy (non-hydrogen) atoms. The van der Waals surface area contributed by atoms with Gasteiger partial charge >= 0.3 is 0 Å². The number of rotatable bonds is 11. The van der Waals surface area contributed by atoms with Gasteiger partial charge in [-0.15, -0.1) is 10.2 Å². The lowest BCUT2D eigenvalue weighted by molar-refractivity contribution is 0.0945. The van der Waals surface area contributed by atoms with Gasteiger partial charge in [0.1, 0.15) is 0 Å². The number of unbranched alkanes of at least 4 members (excludes halogenated alkanes) is 1. The number of pyridine rings is 1. The molecule has 0 bridgehead atoms. The minimum atomic E-state index is -0.247. The van der Waals surface area contributed by atoms with Gasteiger partial charge in [0.25, 0.3) is 5.91 Å². The number of furan rings is 1. The van der Waals surface area contributed by atoms with Crippen molar-refractivity contribution in [3.05, 3.63) is 77.5 Å². The highest BCUT2D eigenvalue weighted by atomic mass is 16.3. The molecule has 0 unspecified atom stereocenters. The molecule has 10 heteroatoms. The number of nitrogens with zero attached hydrogens (tertiary/aromatic N) is 6. The predicted molar refractivity (Wildman–Crippen MR) is 146 cm³/mol. The average molecular weight is 525 g/mol. The van der Waals surface area contributed by atoms with Crippen LogP contribution in [0, 0.1) is 0 Å². The normalized spacial score (nSPS) is 13.4. The van der Waals surface area contributed by atoms with Crippen molar-refractivity contribution in [2.75, 3.05) is 0 Å². The summed E-state index contributed by atoms with van der Waals surface area (Å²) in [6, 6.07) is 8.13. The molecule has 1 amide bonds. The Morgan fingerprint density at radius 3 is 2.82 bits per heavy atom. The van der Waals surface area contributed by atoms with Crippen molar-refractivity contribution in [1.29, 1.82) is 0 Å². The Kier molecular flexibility index (Phi) is 6.91. The number of aromatic nitrogens is 7. The van der Waals surface area contributed by atoms with E-state index >= 15 is 0 Å². The zero-order valence-corrected chi connectivity index (χ0v) is 22.2. The van der Waals surface area contributed by atoms with Crippen LogP contribution in [-0.2, 0) is 19.5 Å². The van der Waals surface area contributed by atoms with Gasteiger partial charge in [-0.05, 0) is 67.7 Å². The molecule has 1 aliphatic rings. The standard InChI is InChI=1S/C29H32N8O2/c1-18(2)24-9-6-19(14-30-24)15-31-29(38)25-16-37(36-34-25)11-4-3-5-22-13-23-26(21-10-12-39-17-21)27(20-7-8-20)32-28(23)35-33-22/h6,9-10,12-14,16-18,20H,3-5,7-8,11,15H2,1-2H3,(H,31,38)(H,32,35). The number of nitrogens with one attached hydrogen (secondary N) is 2. The van der Waals surface area contributed by atoms with Crippen molar-refractivity contribution in [3.63, 3.8) is 0 Å². The lowest BCUT2D eigenvalue weighted by atomic mass is 10.0. The van der Waals surface area contributed by atoms with Crippen LogP contribution in [0.4, 0.5) is 0 Å². The molecule has 6 rings (SSSR count). The topological polar surface area (TPSA) is 127 Å². The van der Waals surface area contributed by atoms with Gasteiger partial charge in [0.2, 0.25) is 0 Å². The number of carbonyl (C=O) groups excluding carboxylic acids is 1. The molecule has 0 saturated heterocycles. The average Bonchev–Trinajstić information content (AvgIpc) is 3.30. The summed E-state index contributed by atoms with van der Waals surface area (Å²) in [4.78, 5) is 20.5. The van der Waals surface area contributed by atoms with E-state index in [4.69, 9.17) is 4.42 Å². The Bertz CT molecular complexity index is 1560. The van der Waals surface area contributed by atoms with Crippen LogP contribution >= 0.6 is 0 Å². The Hall–Kier alpha value is -4.34. The molecule has 1 fully saturated rings. The molecule has 2 N–H and O–H groups in total. The summed E-state index contributed by atoms with van der Waals surface area (Å²) in [5.74, 6) is 0.693. The summed E-state index contributed by atoms with van der Waals surface area (Å²) >= 11 is 0. The van der Waals surface area contributed by atoms with Crippen molar-refractivity contribution in [2.45, 2.75) is 70.9 Å².